The van der Waals surface area contributed by atoms with Crippen LogP contribution < -0.4 is 0 Å². The average molecular weight is 266 g/mol. The Balaban J connectivity index is 2.47. The second kappa shape index (κ2) is 4.21. The number of benzene rings is 1. The smallest absolute Gasteiger partial charge is 0.205 e. The molecule has 4 heteroatoms. The topological polar surface area (TPSA) is 43.4 Å². The summed E-state index contributed by atoms with van der Waals surface area (Å²) in [6.07, 6.45) is 1.30. The highest BCUT2D eigenvalue weighted by Crippen LogP contribution is 2.34. The molecular formula is C14H18O3S. The van der Waals surface area contributed by atoms with Crippen molar-refractivity contribution in [3.63, 3.8) is 0 Å². The quantitative estimate of drug-likeness (QED) is 0.826. The molecule has 2 rings (SSSR count). The van der Waals surface area contributed by atoms with Crippen molar-refractivity contribution in [3.05, 3.63) is 40.8 Å². The Hall–Kier alpha value is -1.13. The summed E-state index contributed by atoms with van der Waals surface area (Å²) in [6, 6.07) is 6.89. The summed E-state index contributed by atoms with van der Waals surface area (Å²) in [4.78, 5) is 0.684. The van der Waals surface area contributed by atoms with Crippen LogP contribution in [0, 0.1) is 6.92 Å². The van der Waals surface area contributed by atoms with Gasteiger partial charge in [-0.15, -0.1) is 0 Å². The van der Waals surface area contributed by atoms with Crippen LogP contribution in [-0.2, 0) is 14.6 Å². The molecule has 0 aromatic heterocycles. The molecule has 98 valence electrons. The second-order valence-electron chi connectivity index (χ2n) is 5.23. The molecular weight excluding hydrogens is 248 g/mol. The van der Waals surface area contributed by atoms with Crippen molar-refractivity contribution in [1.82, 2.24) is 0 Å². The Labute approximate surface area is 108 Å². The molecule has 0 saturated carbocycles. The van der Waals surface area contributed by atoms with E-state index in [-0.39, 0.29) is 0 Å². The van der Waals surface area contributed by atoms with Gasteiger partial charge in [0.25, 0.3) is 0 Å². The van der Waals surface area contributed by atoms with Gasteiger partial charge >= 0.3 is 0 Å². The maximum Gasteiger partial charge on any atom is 0.205 e. The van der Waals surface area contributed by atoms with Crippen molar-refractivity contribution in [2.45, 2.75) is 44.3 Å². The fourth-order valence-corrected chi connectivity index (χ4v) is 3.85. The van der Waals surface area contributed by atoms with Gasteiger partial charge in [-0.3, -0.25) is 0 Å². The molecule has 1 aromatic carbocycles. The number of aryl methyl sites for hydroxylation is 1. The number of hydrogen-bond acceptors (Lipinski definition) is 3. The molecule has 1 heterocycles. The standard InChI is InChI=1S/C14H18O3S/c1-10-5-7-12(8-6-10)18(15,16)13-9-14(3,4)17-11(13)2/h5-9,11H,1-4H3. The molecule has 0 N–H and O–H groups in total. The largest absolute Gasteiger partial charge is 0.363 e. The lowest BCUT2D eigenvalue weighted by Gasteiger charge is -2.17. The van der Waals surface area contributed by atoms with Gasteiger partial charge in [-0.1, -0.05) is 17.7 Å². The molecule has 3 nitrogen and oxygen atoms in total. The molecule has 18 heavy (non-hydrogen) atoms. The maximum absolute atomic E-state index is 12.5. The SMILES string of the molecule is Cc1ccc(S(=O)(=O)C2=CC(C)(C)OC2C)cc1. The van der Waals surface area contributed by atoms with Crippen molar-refractivity contribution in [2.75, 3.05) is 0 Å². The first-order valence-corrected chi connectivity index (χ1v) is 7.43. The minimum Gasteiger partial charge on any atom is -0.363 e. The zero-order valence-corrected chi connectivity index (χ0v) is 11.9. The summed E-state index contributed by atoms with van der Waals surface area (Å²) >= 11 is 0. The molecule has 0 aliphatic carbocycles. The van der Waals surface area contributed by atoms with Crippen LogP contribution in [-0.4, -0.2) is 20.1 Å². The van der Waals surface area contributed by atoms with Crippen molar-refractivity contribution in [3.8, 4) is 0 Å². The molecule has 1 aliphatic heterocycles. The highest BCUT2D eigenvalue weighted by atomic mass is 32.2. The first kappa shape index (κ1) is 13.3. The van der Waals surface area contributed by atoms with Crippen molar-refractivity contribution >= 4 is 9.84 Å². The lowest BCUT2D eigenvalue weighted by molar-refractivity contribution is 0.00952. The molecule has 0 bridgehead atoms. The molecule has 1 aromatic rings. The fourth-order valence-electron chi connectivity index (χ4n) is 2.16. The van der Waals surface area contributed by atoms with Gasteiger partial charge in [-0.2, -0.15) is 0 Å². The Morgan fingerprint density at radius 3 is 2.17 bits per heavy atom. The van der Waals surface area contributed by atoms with E-state index in [0.29, 0.717) is 9.80 Å². The van der Waals surface area contributed by atoms with Crippen LogP contribution in [0.5, 0.6) is 0 Å². The van der Waals surface area contributed by atoms with E-state index in [1.165, 1.54) is 0 Å². The highest BCUT2D eigenvalue weighted by Gasteiger charge is 2.37. The second-order valence-corrected chi connectivity index (χ2v) is 7.18. The lowest BCUT2D eigenvalue weighted by Crippen LogP contribution is -2.20. The van der Waals surface area contributed by atoms with E-state index in [9.17, 15) is 8.42 Å². The van der Waals surface area contributed by atoms with Crippen LogP contribution in [0.1, 0.15) is 26.3 Å². The number of sulfone groups is 1. The van der Waals surface area contributed by atoms with Gasteiger partial charge in [0.05, 0.1) is 21.5 Å². The summed E-state index contributed by atoms with van der Waals surface area (Å²) in [5.74, 6) is 0. The fraction of sp³-hybridized carbons (Fsp3) is 0.429. The van der Waals surface area contributed by atoms with Crippen molar-refractivity contribution in [2.24, 2.45) is 0 Å². The van der Waals surface area contributed by atoms with Gasteiger partial charge in [-0.25, -0.2) is 8.42 Å². The monoisotopic (exact) mass is 266 g/mol. The minimum absolute atomic E-state index is 0.326. The van der Waals surface area contributed by atoms with Crippen LogP contribution in [0.25, 0.3) is 0 Å². The van der Waals surface area contributed by atoms with Gasteiger partial charge < -0.3 is 4.74 Å². The predicted octanol–water partition coefficient (Wildman–Crippen LogP) is 2.85. The highest BCUT2D eigenvalue weighted by molar-refractivity contribution is 7.95. The number of hydrogen-bond donors (Lipinski definition) is 0. The predicted molar refractivity (Wildman–Crippen MR) is 71.1 cm³/mol. The van der Waals surface area contributed by atoms with E-state index in [0.717, 1.165) is 5.56 Å². The van der Waals surface area contributed by atoms with Gasteiger partial charge in [-0.05, 0) is 45.9 Å². The summed E-state index contributed by atoms with van der Waals surface area (Å²) in [5, 5.41) is 0. The Kier molecular flexibility index (Phi) is 3.11. The normalized spacial score (nSPS) is 22.9. The third-order valence-corrected chi connectivity index (χ3v) is 4.98. The van der Waals surface area contributed by atoms with Crippen LogP contribution in [0.2, 0.25) is 0 Å². The molecule has 0 fully saturated rings. The molecule has 0 saturated heterocycles. The van der Waals surface area contributed by atoms with Crippen LogP contribution >= 0.6 is 0 Å². The summed E-state index contributed by atoms with van der Waals surface area (Å²) in [6.45, 7) is 7.43. The zero-order valence-electron chi connectivity index (χ0n) is 11.1. The van der Waals surface area contributed by atoms with Gasteiger partial charge in [0, 0.05) is 0 Å². The lowest BCUT2D eigenvalue weighted by atomic mass is 10.1. The molecule has 1 aliphatic rings. The van der Waals surface area contributed by atoms with Gasteiger partial charge in [0.1, 0.15) is 0 Å². The number of rotatable bonds is 2. The Morgan fingerprint density at radius 1 is 1.17 bits per heavy atom. The third kappa shape index (κ3) is 2.35. The summed E-state index contributed by atoms with van der Waals surface area (Å²) < 4.78 is 30.6. The molecule has 0 amide bonds. The zero-order chi connectivity index (χ0) is 13.6. The third-order valence-electron chi connectivity index (χ3n) is 3.01. The minimum atomic E-state index is -3.44. The summed E-state index contributed by atoms with van der Waals surface area (Å²) in [7, 11) is -3.44. The van der Waals surface area contributed by atoms with E-state index < -0.39 is 21.5 Å². The summed E-state index contributed by atoms with van der Waals surface area (Å²) in [5.41, 5.74) is 0.519. The molecule has 1 unspecified atom stereocenters. The van der Waals surface area contributed by atoms with Crippen molar-refractivity contribution < 1.29 is 13.2 Å². The van der Waals surface area contributed by atoms with E-state index >= 15 is 0 Å². The first-order chi connectivity index (χ1) is 8.22. The van der Waals surface area contributed by atoms with E-state index in [2.05, 4.69) is 0 Å². The van der Waals surface area contributed by atoms with E-state index in [4.69, 9.17) is 4.74 Å². The Morgan fingerprint density at radius 2 is 1.72 bits per heavy atom. The van der Waals surface area contributed by atoms with Crippen LogP contribution in [0.3, 0.4) is 0 Å². The van der Waals surface area contributed by atoms with Gasteiger partial charge in [0.15, 0.2) is 0 Å². The van der Waals surface area contributed by atoms with E-state index in [1.54, 1.807) is 37.3 Å². The molecule has 0 spiro atoms. The maximum atomic E-state index is 12.5. The van der Waals surface area contributed by atoms with Crippen molar-refractivity contribution in [1.29, 1.82) is 0 Å². The van der Waals surface area contributed by atoms with Crippen LogP contribution in [0.4, 0.5) is 0 Å². The van der Waals surface area contributed by atoms with Crippen LogP contribution in [0.15, 0.2) is 40.1 Å². The van der Waals surface area contributed by atoms with E-state index in [1.807, 2.05) is 20.8 Å². The number of ether oxygens (including phenoxy) is 1. The first-order valence-electron chi connectivity index (χ1n) is 5.95. The molecule has 1 atom stereocenters. The van der Waals surface area contributed by atoms with Gasteiger partial charge in [0.2, 0.25) is 9.84 Å². The average Bonchev–Trinajstić information content (AvgIpc) is 2.53. The Bertz CT molecular complexity index is 580. The molecule has 0 radical (unpaired) electrons.